The molecule has 6 nitrogen and oxygen atoms in total. The number of fused-ring (bicyclic) bond motifs is 1. The summed E-state index contributed by atoms with van der Waals surface area (Å²) in [6.07, 6.45) is 6.58. The predicted molar refractivity (Wildman–Crippen MR) is 128 cm³/mol. The molecular formula is C24H28ClN3O3S. The molecule has 0 bridgehead atoms. The van der Waals surface area contributed by atoms with Crippen LogP contribution in [0.25, 0.3) is 11.1 Å². The van der Waals surface area contributed by atoms with Crippen LogP contribution in [0.2, 0.25) is 5.02 Å². The second-order valence-electron chi connectivity index (χ2n) is 8.89. The third-order valence-corrected chi connectivity index (χ3v) is 7.93. The van der Waals surface area contributed by atoms with Gasteiger partial charge in [-0.25, -0.2) is 0 Å². The molecule has 5 rings (SSSR count). The van der Waals surface area contributed by atoms with Crippen LogP contribution in [-0.4, -0.2) is 35.8 Å². The van der Waals surface area contributed by atoms with Gasteiger partial charge in [0.15, 0.2) is 16.4 Å². The van der Waals surface area contributed by atoms with Gasteiger partial charge in [-0.05, 0) is 80.0 Å². The van der Waals surface area contributed by atoms with Crippen molar-refractivity contribution < 1.29 is 13.6 Å². The van der Waals surface area contributed by atoms with Crippen LogP contribution >= 0.6 is 23.4 Å². The van der Waals surface area contributed by atoms with Gasteiger partial charge in [0, 0.05) is 24.2 Å². The quantitative estimate of drug-likeness (QED) is 0.448. The third-order valence-electron chi connectivity index (χ3n) is 6.91. The largest absolute Gasteiger partial charge is 0.445 e. The van der Waals surface area contributed by atoms with E-state index in [0.29, 0.717) is 22.2 Å². The van der Waals surface area contributed by atoms with Crippen molar-refractivity contribution in [2.24, 2.45) is 5.41 Å². The number of aromatic nitrogens is 1. The first-order valence-corrected chi connectivity index (χ1v) is 12.7. The minimum atomic E-state index is -0.0974. The fourth-order valence-corrected chi connectivity index (χ4v) is 5.75. The van der Waals surface area contributed by atoms with Crippen LogP contribution in [0.1, 0.15) is 56.0 Å². The third kappa shape index (κ3) is 4.50. The number of rotatable bonds is 5. The van der Waals surface area contributed by atoms with E-state index in [2.05, 4.69) is 22.1 Å². The van der Waals surface area contributed by atoms with Crippen molar-refractivity contribution in [2.75, 3.05) is 23.7 Å². The number of carbonyl (C=O) groups excluding carboxylic acids is 1. The van der Waals surface area contributed by atoms with Gasteiger partial charge in [0.1, 0.15) is 5.52 Å². The van der Waals surface area contributed by atoms with E-state index in [1.807, 2.05) is 24.3 Å². The molecule has 2 aromatic heterocycles. The normalized spacial score (nSPS) is 19.0. The molecule has 2 fully saturated rings. The Labute approximate surface area is 197 Å². The van der Waals surface area contributed by atoms with Gasteiger partial charge in [-0.3, -0.25) is 4.79 Å². The lowest BCUT2D eigenvalue weighted by Gasteiger charge is -2.45. The van der Waals surface area contributed by atoms with Gasteiger partial charge >= 0.3 is 0 Å². The highest BCUT2D eigenvalue weighted by atomic mass is 35.5. The number of anilines is 1. The summed E-state index contributed by atoms with van der Waals surface area (Å²) < 4.78 is 11.6. The second kappa shape index (κ2) is 9.02. The molecule has 3 heterocycles. The van der Waals surface area contributed by atoms with Crippen molar-refractivity contribution in [3.05, 3.63) is 41.1 Å². The number of furan rings is 1. The maximum atomic E-state index is 12.5. The number of piperidine rings is 1. The van der Waals surface area contributed by atoms with Gasteiger partial charge in [0.25, 0.3) is 11.9 Å². The van der Waals surface area contributed by atoms with Crippen molar-refractivity contribution in [2.45, 2.75) is 56.6 Å². The lowest BCUT2D eigenvalue weighted by atomic mass is 9.67. The van der Waals surface area contributed by atoms with Crippen LogP contribution in [0.4, 0.5) is 6.01 Å². The molecule has 0 unspecified atom stereocenters. The smallest absolute Gasteiger partial charge is 0.298 e. The van der Waals surface area contributed by atoms with Crippen molar-refractivity contribution in [1.82, 2.24) is 10.3 Å². The first-order valence-electron chi connectivity index (χ1n) is 11.4. The molecule has 8 heteroatoms. The molecule has 1 N–H and O–H groups in total. The first kappa shape index (κ1) is 21.7. The molecule has 1 saturated carbocycles. The Kier molecular flexibility index (Phi) is 6.12. The number of oxazole rings is 1. The van der Waals surface area contributed by atoms with Crippen molar-refractivity contribution in [3.63, 3.8) is 0 Å². The number of carbonyl (C=O) groups is 1. The number of hydrogen-bond acceptors (Lipinski definition) is 6. The number of halogens is 1. The van der Waals surface area contributed by atoms with Crippen LogP contribution < -0.4 is 10.2 Å². The fourth-order valence-electron chi connectivity index (χ4n) is 4.99. The Hall–Kier alpha value is -2.12. The fraction of sp³-hybridized carbons (Fsp3) is 0.500. The Bertz CT molecular complexity index is 1090. The summed E-state index contributed by atoms with van der Waals surface area (Å²) in [7, 11) is 0. The summed E-state index contributed by atoms with van der Waals surface area (Å²) in [5.41, 5.74) is 1.95. The van der Waals surface area contributed by atoms with Crippen molar-refractivity contribution in [3.8, 4) is 0 Å². The number of thioether (sulfide) groups is 1. The van der Waals surface area contributed by atoms with E-state index in [1.165, 1.54) is 0 Å². The molecule has 32 heavy (non-hydrogen) atoms. The first-order chi connectivity index (χ1) is 15.5. The molecule has 1 aliphatic carbocycles. The zero-order chi connectivity index (χ0) is 22.1. The molecule has 1 amide bonds. The second-order valence-corrected chi connectivity index (χ2v) is 10.6. The molecule has 1 aliphatic heterocycles. The lowest BCUT2D eigenvalue weighted by Crippen LogP contribution is -2.45. The van der Waals surface area contributed by atoms with E-state index in [9.17, 15) is 4.79 Å². The maximum absolute atomic E-state index is 12.5. The standard InChI is InChI=1S/C24H28ClN3O3S/c1-2-32-21-6-5-20(30-21)22(29)26-17-7-9-24(10-8-17)11-13-28(14-12-24)23-27-18-15-16(25)3-4-19(18)31-23/h3-6,15,17H,2,7-14H2,1H3,(H,26,29). The highest BCUT2D eigenvalue weighted by molar-refractivity contribution is 7.99. The average molecular weight is 474 g/mol. The lowest BCUT2D eigenvalue weighted by molar-refractivity contribution is 0.0835. The van der Waals surface area contributed by atoms with Gasteiger partial charge in [-0.2, -0.15) is 4.98 Å². The van der Waals surface area contributed by atoms with Gasteiger partial charge in [-0.15, -0.1) is 0 Å². The Morgan fingerprint density at radius 3 is 2.72 bits per heavy atom. The molecule has 1 saturated heterocycles. The molecule has 0 radical (unpaired) electrons. The van der Waals surface area contributed by atoms with Crippen molar-refractivity contribution >= 4 is 46.4 Å². The number of nitrogens with zero attached hydrogens (tertiary/aromatic N) is 2. The van der Waals surface area contributed by atoms with Gasteiger partial charge in [-0.1, -0.05) is 30.3 Å². The number of hydrogen-bond donors (Lipinski definition) is 1. The molecule has 2 aliphatic rings. The molecule has 170 valence electrons. The number of amides is 1. The highest BCUT2D eigenvalue weighted by Gasteiger charge is 2.39. The minimum Gasteiger partial charge on any atom is -0.445 e. The van der Waals surface area contributed by atoms with Crippen LogP contribution in [0.15, 0.2) is 44.3 Å². The Balaban J connectivity index is 1.13. The van der Waals surface area contributed by atoms with E-state index >= 15 is 0 Å². The summed E-state index contributed by atoms with van der Waals surface area (Å²) in [6, 6.07) is 10.1. The van der Waals surface area contributed by atoms with E-state index in [1.54, 1.807) is 17.8 Å². The topological polar surface area (TPSA) is 71.5 Å². The van der Waals surface area contributed by atoms with E-state index in [4.69, 9.17) is 20.4 Å². The molecule has 1 aromatic carbocycles. The SMILES string of the molecule is CCSc1ccc(C(=O)NC2CCC3(CC2)CCN(c2nc4cc(Cl)ccc4o2)CC3)o1. The summed E-state index contributed by atoms with van der Waals surface area (Å²) in [5, 5.41) is 4.65. The Morgan fingerprint density at radius 2 is 1.97 bits per heavy atom. The average Bonchev–Trinajstić information content (AvgIpc) is 3.43. The van der Waals surface area contributed by atoms with E-state index in [0.717, 1.165) is 73.6 Å². The molecule has 3 aromatic rings. The molecule has 0 atom stereocenters. The van der Waals surface area contributed by atoms with Crippen LogP contribution in [0.5, 0.6) is 0 Å². The highest BCUT2D eigenvalue weighted by Crippen LogP contribution is 2.45. The minimum absolute atomic E-state index is 0.0974. The van der Waals surface area contributed by atoms with Gasteiger partial charge < -0.3 is 19.1 Å². The van der Waals surface area contributed by atoms with Gasteiger partial charge in [0.05, 0.1) is 0 Å². The Morgan fingerprint density at radius 1 is 1.19 bits per heavy atom. The molecular weight excluding hydrogens is 446 g/mol. The summed E-state index contributed by atoms with van der Waals surface area (Å²) >= 11 is 7.68. The van der Waals surface area contributed by atoms with E-state index < -0.39 is 0 Å². The van der Waals surface area contributed by atoms with Gasteiger partial charge in [0.2, 0.25) is 0 Å². The summed E-state index contributed by atoms with van der Waals surface area (Å²) in [5.74, 6) is 1.24. The van der Waals surface area contributed by atoms with Crippen LogP contribution in [-0.2, 0) is 0 Å². The van der Waals surface area contributed by atoms with Crippen LogP contribution in [0, 0.1) is 5.41 Å². The zero-order valence-electron chi connectivity index (χ0n) is 18.2. The monoisotopic (exact) mass is 473 g/mol. The number of benzene rings is 1. The number of nitrogens with one attached hydrogen (secondary N) is 1. The van der Waals surface area contributed by atoms with E-state index in [-0.39, 0.29) is 11.9 Å². The zero-order valence-corrected chi connectivity index (χ0v) is 19.8. The molecule has 1 spiro atoms. The van der Waals surface area contributed by atoms with Crippen LogP contribution in [0.3, 0.4) is 0 Å². The summed E-state index contributed by atoms with van der Waals surface area (Å²) in [6.45, 7) is 3.96. The summed E-state index contributed by atoms with van der Waals surface area (Å²) in [4.78, 5) is 19.4. The van der Waals surface area contributed by atoms with Crippen molar-refractivity contribution in [1.29, 1.82) is 0 Å². The predicted octanol–water partition coefficient (Wildman–Crippen LogP) is 6.15. The maximum Gasteiger partial charge on any atom is 0.298 e.